The predicted octanol–water partition coefficient (Wildman–Crippen LogP) is 1.96. The molecule has 4 heteroatoms. The summed E-state index contributed by atoms with van der Waals surface area (Å²) in [5.41, 5.74) is 6.90. The van der Waals surface area contributed by atoms with Crippen molar-refractivity contribution in [2.45, 2.75) is 19.0 Å². The van der Waals surface area contributed by atoms with Crippen LogP contribution in [0, 0.1) is 5.82 Å². The highest BCUT2D eigenvalue weighted by atomic mass is 19.1. The van der Waals surface area contributed by atoms with Gasteiger partial charge in [-0.3, -0.25) is 4.68 Å². The van der Waals surface area contributed by atoms with E-state index in [-0.39, 0.29) is 17.9 Å². The highest BCUT2D eigenvalue weighted by Crippen LogP contribution is 2.20. The first-order valence-electron chi connectivity index (χ1n) is 5.18. The Morgan fingerprint density at radius 2 is 2.00 bits per heavy atom. The van der Waals surface area contributed by atoms with E-state index in [0.717, 1.165) is 5.56 Å². The number of nitrogens with two attached hydrogens (primary N) is 1. The van der Waals surface area contributed by atoms with Gasteiger partial charge in [-0.25, -0.2) is 4.39 Å². The van der Waals surface area contributed by atoms with Gasteiger partial charge in [-0.2, -0.15) is 5.10 Å². The van der Waals surface area contributed by atoms with Crippen LogP contribution in [0.1, 0.15) is 18.5 Å². The minimum atomic E-state index is -0.243. The summed E-state index contributed by atoms with van der Waals surface area (Å²) >= 11 is 0. The van der Waals surface area contributed by atoms with Gasteiger partial charge in [0.1, 0.15) is 5.82 Å². The third-order valence-electron chi connectivity index (χ3n) is 2.52. The smallest absolute Gasteiger partial charge is 0.123 e. The minimum Gasteiger partial charge on any atom is -0.326 e. The highest BCUT2D eigenvalue weighted by molar-refractivity contribution is 5.22. The fourth-order valence-electron chi connectivity index (χ4n) is 1.80. The lowest BCUT2D eigenvalue weighted by atomic mass is 10.0. The monoisotopic (exact) mass is 219 g/mol. The molecule has 0 aliphatic heterocycles. The minimum absolute atomic E-state index is 0.0596. The van der Waals surface area contributed by atoms with Crippen molar-refractivity contribution in [1.29, 1.82) is 0 Å². The zero-order valence-corrected chi connectivity index (χ0v) is 9.05. The number of rotatable bonds is 3. The lowest BCUT2D eigenvalue weighted by Crippen LogP contribution is -2.30. The zero-order chi connectivity index (χ0) is 11.5. The molecular formula is C12H14FN3. The zero-order valence-electron chi connectivity index (χ0n) is 9.05. The molecule has 1 aromatic heterocycles. The van der Waals surface area contributed by atoms with Crippen molar-refractivity contribution in [3.05, 3.63) is 54.1 Å². The van der Waals surface area contributed by atoms with Crippen molar-refractivity contribution < 1.29 is 4.39 Å². The van der Waals surface area contributed by atoms with Gasteiger partial charge in [-0.15, -0.1) is 0 Å². The Balaban J connectivity index is 2.37. The maximum absolute atomic E-state index is 12.8. The Labute approximate surface area is 93.7 Å². The number of hydrogen-bond donors (Lipinski definition) is 1. The third kappa shape index (κ3) is 2.12. The predicted molar refractivity (Wildman–Crippen MR) is 60.4 cm³/mol. The molecule has 16 heavy (non-hydrogen) atoms. The summed E-state index contributed by atoms with van der Waals surface area (Å²) < 4.78 is 14.6. The molecule has 2 rings (SSSR count). The number of benzene rings is 1. The van der Waals surface area contributed by atoms with Crippen LogP contribution < -0.4 is 5.73 Å². The molecule has 3 nitrogen and oxygen atoms in total. The van der Waals surface area contributed by atoms with Gasteiger partial charge in [-0.1, -0.05) is 12.1 Å². The highest BCUT2D eigenvalue weighted by Gasteiger charge is 2.18. The Bertz CT molecular complexity index is 434. The number of halogens is 1. The summed E-state index contributed by atoms with van der Waals surface area (Å²) in [5, 5.41) is 4.18. The Morgan fingerprint density at radius 3 is 2.50 bits per heavy atom. The van der Waals surface area contributed by atoms with E-state index in [9.17, 15) is 4.39 Å². The van der Waals surface area contributed by atoms with Crippen molar-refractivity contribution in [1.82, 2.24) is 9.78 Å². The van der Waals surface area contributed by atoms with Crippen LogP contribution in [0.4, 0.5) is 4.39 Å². The summed E-state index contributed by atoms with van der Waals surface area (Å²) in [7, 11) is 0. The van der Waals surface area contributed by atoms with Gasteiger partial charge >= 0.3 is 0 Å². The first-order valence-corrected chi connectivity index (χ1v) is 5.18. The van der Waals surface area contributed by atoms with Gasteiger partial charge in [0.2, 0.25) is 0 Å². The van der Waals surface area contributed by atoms with Crippen LogP contribution >= 0.6 is 0 Å². The van der Waals surface area contributed by atoms with Gasteiger partial charge < -0.3 is 5.73 Å². The maximum Gasteiger partial charge on any atom is 0.123 e. The van der Waals surface area contributed by atoms with E-state index in [4.69, 9.17) is 5.73 Å². The van der Waals surface area contributed by atoms with Crippen LogP contribution in [-0.4, -0.2) is 15.8 Å². The Hall–Kier alpha value is -1.68. The molecule has 0 fully saturated rings. The Kier molecular flexibility index (Phi) is 3.01. The van der Waals surface area contributed by atoms with Crippen LogP contribution in [0.3, 0.4) is 0 Å². The molecule has 0 radical (unpaired) electrons. The van der Waals surface area contributed by atoms with E-state index in [1.807, 2.05) is 19.2 Å². The number of nitrogens with zero attached hydrogens (tertiary/aromatic N) is 2. The molecule has 2 aromatic rings. The molecule has 84 valence electrons. The number of aromatic nitrogens is 2. The first-order chi connectivity index (χ1) is 7.68. The average molecular weight is 219 g/mol. The third-order valence-corrected chi connectivity index (χ3v) is 2.52. The molecular weight excluding hydrogens is 205 g/mol. The van der Waals surface area contributed by atoms with E-state index in [1.165, 1.54) is 12.1 Å². The van der Waals surface area contributed by atoms with Gasteiger partial charge in [0.05, 0.1) is 6.04 Å². The molecule has 0 aliphatic carbocycles. The van der Waals surface area contributed by atoms with Crippen molar-refractivity contribution in [2.24, 2.45) is 5.73 Å². The molecule has 1 aromatic carbocycles. The first kappa shape index (κ1) is 10.8. The Morgan fingerprint density at radius 1 is 1.31 bits per heavy atom. The molecule has 2 unspecified atom stereocenters. The topological polar surface area (TPSA) is 43.8 Å². The normalized spacial score (nSPS) is 14.7. The molecule has 0 bridgehead atoms. The van der Waals surface area contributed by atoms with E-state index in [0.29, 0.717) is 0 Å². The van der Waals surface area contributed by atoms with E-state index in [2.05, 4.69) is 5.10 Å². The molecule has 1 heterocycles. The summed E-state index contributed by atoms with van der Waals surface area (Å²) in [5.74, 6) is -0.243. The van der Waals surface area contributed by atoms with Crippen LogP contribution in [0.2, 0.25) is 0 Å². The molecule has 2 N–H and O–H groups in total. The fraction of sp³-hybridized carbons (Fsp3) is 0.250. The summed E-state index contributed by atoms with van der Waals surface area (Å²) in [4.78, 5) is 0. The second-order valence-electron chi connectivity index (χ2n) is 3.84. The molecule has 2 atom stereocenters. The average Bonchev–Trinajstić information content (AvgIpc) is 2.74. The molecule has 0 spiro atoms. The van der Waals surface area contributed by atoms with Crippen molar-refractivity contribution in [3.63, 3.8) is 0 Å². The van der Waals surface area contributed by atoms with Gasteiger partial charge in [0.25, 0.3) is 0 Å². The largest absolute Gasteiger partial charge is 0.326 e. The van der Waals surface area contributed by atoms with Crippen LogP contribution in [0.15, 0.2) is 42.7 Å². The summed E-state index contributed by atoms with van der Waals surface area (Å²) in [6.45, 7) is 1.91. The standard InChI is InChI=1S/C12H14FN3/c1-9(14)12(16-8-2-7-15-16)10-3-5-11(13)6-4-10/h2-9,12H,14H2,1H3. The van der Waals surface area contributed by atoms with Crippen molar-refractivity contribution in [3.8, 4) is 0 Å². The van der Waals surface area contributed by atoms with Gasteiger partial charge in [-0.05, 0) is 30.7 Å². The van der Waals surface area contributed by atoms with E-state index < -0.39 is 0 Å². The fourth-order valence-corrected chi connectivity index (χ4v) is 1.80. The van der Waals surface area contributed by atoms with E-state index >= 15 is 0 Å². The van der Waals surface area contributed by atoms with Crippen molar-refractivity contribution >= 4 is 0 Å². The molecule has 0 aliphatic rings. The summed E-state index contributed by atoms with van der Waals surface area (Å²) in [6.07, 6.45) is 3.57. The second-order valence-corrected chi connectivity index (χ2v) is 3.84. The van der Waals surface area contributed by atoms with Crippen LogP contribution in [0.25, 0.3) is 0 Å². The van der Waals surface area contributed by atoms with Crippen LogP contribution in [0.5, 0.6) is 0 Å². The lowest BCUT2D eigenvalue weighted by molar-refractivity contribution is 0.453. The summed E-state index contributed by atoms with van der Waals surface area (Å²) in [6, 6.07) is 8.05. The molecule has 0 amide bonds. The van der Waals surface area contributed by atoms with Gasteiger partial charge in [0.15, 0.2) is 0 Å². The lowest BCUT2D eigenvalue weighted by Gasteiger charge is -2.21. The van der Waals surface area contributed by atoms with E-state index in [1.54, 1.807) is 23.0 Å². The SMILES string of the molecule is CC(N)C(c1ccc(F)cc1)n1cccn1. The molecule has 0 saturated heterocycles. The maximum atomic E-state index is 12.8. The number of hydrogen-bond acceptors (Lipinski definition) is 2. The second kappa shape index (κ2) is 4.45. The quantitative estimate of drug-likeness (QED) is 0.857. The van der Waals surface area contributed by atoms with Crippen molar-refractivity contribution in [2.75, 3.05) is 0 Å². The van der Waals surface area contributed by atoms with Gasteiger partial charge in [0, 0.05) is 18.4 Å². The molecule has 0 saturated carbocycles. The van der Waals surface area contributed by atoms with Crippen LogP contribution in [-0.2, 0) is 0 Å².